The molecule has 1 unspecified atom stereocenters. The van der Waals surface area contributed by atoms with Crippen LogP contribution in [0.25, 0.3) is 5.57 Å². The van der Waals surface area contributed by atoms with Gasteiger partial charge in [-0.25, -0.2) is 13.6 Å². The molecule has 3 aromatic rings. The molecule has 1 saturated carbocycles. The van der Waals surface area contributed by atoms with Crippen LogP contribution in [-0.4, -0.2) is 36.5 Å². The SMILES string of the molecule is CC(C)CCOC(=O)C(c1ccccc1)N1CCC(c2ccc(NC(=O)C3=CCCC=C3c3ccc(C(F)(F)C4CC4)cc3)cc2)CC1. The van der Waals surface area contributed by atoms with E-state index in [1.807, 2.05) is 54.6 Å². The summed E-state index contributed by atoms with van der Waals surface area (Å²) in [6, 6.07) is 24.0. The molecule has 1 atom stereocenters. The molecule has 48 heavy (non-hydrogen) atoms. The van der Waals surface area contributed by atoms with E-state index >= 15 is 0 Å². The molecule has 252 valence electrons. The zero-order valence-corrected chi connectivity index (χ0v) is 28.0. The molecule has 2 aliphatic carbocycles. The van der Waals surface area contributed by atoms with Crippen molar-refractivity contribution in [1.82, 2.24) is 4.90 Å². The van der Waals surface area contributed by atoms with Crippen molar-refractivity contribution >= 4 is 23.1 Å². The summed E-state index contributed by atoms with van der Waals surface area (Å²) in [6.45, 7) is 6.25. The number of allylic oxidation sites excluding steroid dienone is 2. The number of rotatable bonds is 12. The molecule has 1 aliphatic heterocycles. The molecular formula is C41H46F2N2O3. The summed E-state index contributed by atoms with van der Waals surface area (Å²) in [6.07, 6.45) is 9.32. The van der Waals surface area contributed by atoms with Gasteiger partial charge in [-0.1, -0.05) is 92.7 Å². The standard InChI is InChI=1S/C41H46F2N2O3/c1-28(2)24-27-48-40(47)38(32-8-4-3-5-9-32)45-25-22-30(23-26-45)29-14-20-35(21-15-29)44-39(46)37-11-7-6-10-36(37)31-12-16-33(17-13-31)41(42,43)34-18-19-34/h3-5,8-17,20-21,28,30,34,38H,6-7,18-19,22-27H2,1-2H3,(H,44,46). The number of carbonyl (C=O) groups excluding carboxylic acids is 2. The molecule has 0 spiro atoms. The van der Waals surface area contributed by atoms with Gasteiger partial charge < -0.3 is 10.1 Å². The molecule has 6 rings (SSSR count). The number of likely N-dealkylation sites (tertiary alicyclic amines) is 1. The van der Waals surface area contributed by atoms with Crippen molar-refractivity contribution in [2.45, 2.75) is 76.7 Å². The van der Waals surface area contributed by atoms with Crippen molar-refractivity contribution in [3.05, 3.63) is 119 Å². The van der Waals surface area contributed by atoms with Crippen LogP contribution in [0, 0.1) is 11.8 Å². The summed E-state index contributed by atoms with van der Waals surface area (Å²) < 4.78 is 34.9. The number of hydrogen-bond donors (Lipinski definition) is 1. The van der Waals surface area contributed by atoms with Crippen molar-refractivity contribution < 1.29 is 23.1 Å². The minimum atomic E-state index is -2.80. The number of piperidine rings is 1. The van der Waals surface area contributed by atoms with Crippen LogP contribution < -0.4 is 5.32 Å². The van der Waals surface area contributed by atoms with Gasteiger partial charge in [-0.2, -0.15) is 0 Å². The Labute approximate surface area is 283 Å². The summed E-state index contributed by atoms with van der Waals surface area (Å²) >= 11 is 0. The van der Waals surface area contributed by atoms with Crippen LogP contribution in [0.3, 0.4) is 0 Å². The molecular weight excluding hydrogens is 606 g/mol. The quantitative estimate of drug-likeness (QED) is 0.198. The summed E-state index contributed by atoms with van der Waals surface area (Å²) in [5, 5.41) is 3.05. The zero-order chi connectivity index (χ0) is 33.7. The minimum Gasteiger partial charge on any atom is -0.464 e. The van der Waals surface area contributed by atoms with Gasteiger partial charge in [0.05, 0.1) is 6.61 Å². The highest BCUT2D eigenvalue weighted by Gasteiger charge is 2.47. The molecule has 0 aromatic heterocycles. The zero-order valence-electron chi connectivity index (χ0n) is 28.0. The van der Waals surface area contributed by atoms with Crippen LogP contribution >= 0.6 is 0 Å². The number of alkyl halides is 2. The highest BCUT2D eigenvalue weighted by atomic mass is 19.3. The summed E-state index contributed by atoms with van der Waals surface area (Å²) in [5.74, 6) is -2.92. The van der Waals surface area contributed by atoms with Gasteiger partial charge in [0.1, 0.15) is 6.04 Å². The molecule has 0 radical (unpaired) electrons. The minimum absolute atomic E-state index is 0.0431. The number of carbonyl (C=O) groups is 2. The Bertz CT molecular complexity index is 1620. The van der Waals surface area contributed by atoms with Crippen LogP contribution in [0.1, 0.15) is 93.0 Å². The fourth-order valence-electron chi connectivity index (χ4n) is 6.85. The Morgan fingerprint density at radius 1 is 0.875 bits per heavy atom. The first-order valence-corrected chi connectivity index (χ1v) is 17.5. The largest absolute Gasteiger partial charge is 0.464 e. The third-order valence-corrected chi connectivity index (χ3v) is 9.88. The number of nitrogens with zero attached hydrogens (tertiary/aromatic N) is 1. The molecule has 7 heteroatoms. The number of nitrogens with one attached hydrogen (secondary N) is 1. The van der Waals surface area contributed by atoms with Gasteiger partial charge in [-0.05, 0) is 104 Å². The van der Waals surface area contributed by atoms with Crippen LogP contribution in [0.5, 0.6) is 0 Å². The Hall–Kier alpha value is -4.10. The summed E-state index contributed by atoms with van der Waals surface area (Å²) in [5.41, 5.74) is 5.04. The van der Waals surface area contributed by atoms with Crippen LogP contribution in [0.4, 0.5) is 14.5 Å². The second-order valence-corrected chi connectivity index (χ2v) is 13.8. The van der Waals surface area contributed by atoms with Gasteiger partial charge in [-0.15, -0.1) is 0 Å². The third kappa shape index (κ3) is 7.95. The maximum atomic E-state index is 14.6. The van der Waals surface area contributed by atoms with Crippen LogP contribution in [0.15, 0.2) is 96.6 Å². The lowest BCUT2D eigenvalue weighted by Crippen LogP contribution is -2.40. The van der Waals surface area contributed by atoms with E-state index in [9.17, 15) is 18.4 Å². The number of hydrogen-bond acceptors (Lipinski definition) is 4. The fourth-order valence-corrected chi connectivity index (χ4v) is 6.85. The van der Waals surface area contributed by atoms with Crippen LogP contribution in [0.2, 0.25) is 0 Å². The predicted octanol–water partition coefficient (Wildman–Crippen LogP) is 9.44. The second-order valence-electron chi connectivity index (χ2n) is 13.8. The van der Waals surface area contributed by atoms with Gasteiger partial charge in [0.25, 0.3) is 11.8 Å². The Morgan fingerprint density at radius 3 is 2.19 bits per heavy atom. The Kier molecular flexibility index (Phi) is 10.5. The second kappa shape index (κ2) is 15.0. The van der Waals surface area contributed by atoms with Crippen molar-refractivity contribution in [3.8, 4) is 0 Å². The third-order valence-electron chi connectivity index (χ3n) is 9.88. The van der Waals surface area contributed by atoms with E-state index in [1.165, 1.54) is 17.7 Å². The maximum Gasteiger partial charge on any atom is 0.328 e. The average Bonchev–Trinajstić information content (AvgIpc) is 3.96. The smallest absolute Gasteiger partial charge is 0.328 e. The molecule has 1 saturated heterocycles. The van der Waals surface area contributed by atoms with E-state index in [-0.39, 0.29) is 17.4 Å². The molecule has 1 N–H and O–H groups in total. The van der Waals surface area contributed by atoms with E-state index in [2.05, 4.69) is 36.2 Å². The van der Waals surface area contributed by atoms with Crippen molar-refractivity contribution in [2.24, 2.45) is 11.8 Å². The van der Waals surface area contributed by atoms with E-state index in [0.29, 0.717) is 42.5 Å². The first kappa shape index (κ1) is 33.8. The highest BCUT2D eigenvalue weighted by molar-refractivity contribution is 6.15. The summed E-state index contributed by atoms with van der Waals surface area (Å²) in [7, 11) is 0. The first-order valence-electron chi connectivity index (χ1n) is 17.5. The Balaban J connectivity index is 1.06. The molecule has 1 amide bonds. The van der Waals surface area contributed by atoms with Gasteiger partial charge in [0.15, 0.2) is 0 Å². The average molecular weight is 653 g/mol. The topological polar surface area (TPSA) is 58.6 Å². The molecule has 2 fully saturated rings. The number of anilines is 1. The lowest BCUT2D eigenvalue weighted by Gasteiger charge is -2.36. The van der Waals surface area contributed by atoms with Crippen molar-refractivity contribution in [2.75, 3.05) is 25.0 Å². The van der Waals surface area contributed by atoms with Gasteiger partial charge >= 0.3 is 5.97 Å². The van der Waals surface area contributed by atoms with E-state index in [4.69, 9.17) is 4.74 Å². The van der Waals surface area contributed by atoms with E-state index in [1.54, 1.807) is 12.1 Å². The number of esters is 1. The van der Waals surface area contributed by atoms with Crippen LogP contribution in [-0.2, 0) is 20.2 Å². The number of halogens is 2. The predicted molar refractivity (Wildman–Crippen MR) is 187 cm³/mol. The monoisotopic (exact) mass is 652 g/mol. The molecule has 1 heterocycles. The first-order chi connectivity index (χ1) is 23.2. The van der Waals surface area contributed by atoms with Gasteiger partial charge in [0.2, 0.25) is 0 Å². The fraction of sp³-hybridized carbons (Fsp3) is 0.415. The summed E-state index contributed by atoms with van der Waals surface area (Å²) in [4.78, 5) is 28.9. The molecule has 3 aromatic carbocycles. The number of benzene rings is 3. The molecule has 0 bridgehead atoms. The van der Waals surface area contributed by atoms with Gasteiger partial charge in [-0.3, -0.25) is 9.69 Å². The molecule has 5 nitrogen and oxygen atoms in total. The lowest BCUT2D eigenvalue weighted by atomic mass is 9.88. The molecule has 3 aliphatic rings. The highest BCUT2D eigenvalue weighted by Crippen LogP contribution is 2.49. The lowest BCUT2D eigenvalue weighted by molar-refractivity contribution is -0.151. The van der Waals surface area contributed by atoms with E-state index in [0.717, 1.165) is 61.9 Å². The van der Waals surface area contributed by atoms with Crippen molar-refractivity contribution in [3.63, 3.8) is 0 Å². The Morgan fingerprint density at radius 2 is 1.54 bits per heavy atom. The number of ether oxygens (including phenoxy) is 1. The number of amides is 1. The van der Waals surface area contributed by atoms with Gasteiger partial charge in [0, 0.05) is 22.7 Å². The normalized spacial score (nSPS) is 18.2. The maximum absolute atomic E-state index is 14.6. The van der Waals surface area contributed by atoms with E-state index < -0.39 is 17.9 Å². The van der Waals surface area contributed by atoms with Crippen molar-refractivity contribution in [1.29, 1.82) is 0 Å².